The third-order valence-corrected chi connectivity index (χ3v) is 9.80. The number of methoxy groups -OCH3 is 2. The van der Waals surface area contributed by atoms with E-state index in [9.17, 15) is 34.5 Å². The molecule has 0 radical (unpaired) electrons. The molecule has 0 spiro atoms. The number of carbonyl (C=O) groups excluding carboxylic acids is 4. The molecule has 0 bridgehead atoms. The first-order valence-electron chi connectivity index (χ1n) is 19.9. The molecule has 2 fully saturated rings. The van der Waals surface area contributed by atoms with Crippen LogP contribution < -0.4 is 0 Å². The Morgan fingerprint density at radius 2 is 1.74 bits per heavy atom. The van der Waals surface area contributed by atoms with Crippen molar-refractivity contribution in [2.45, 2.75) is 153 Å². The number of esters is 4. The predicted octanol–water partition coefficient (Wildman–Crippen LogP) is 3.50. The Bertz CT molecular complexity index is 1310. The van der Waals surface area contributed by atoms with Crippen molar-refractivity contribution >= 4 is 23.9 Å². The Morgan fingerprint density at radius 3 is 2.39 bits per heavy atom. The van der Waals surface area contributed by atoms with Gasteiger partial charge in [0.2, 0.25) is 5.79 Å². The Hall–Kier alpha value is -3.22. The molecule has 0 aromatic heterocycles. The van der Waals surface area contributed by atoms with Gasteiger partial charge in [0.05, 0.1) is 51.0 Å². The molecule has 0 amide bonds. The highest BCUT2D eigenvalue weighted by Crippen LogP contribution is 2.47. The van der Waals surface area contributed by atoms with Crippen LogP contribution in [-0.2, 0) is 57.1 Å². The molecule has 0 aromatic rings. The number of rotatable bonds is 26. The second kappa shape index (κ2) is 26.0. The molecule has 0 aromatic carbocycles. The van der Waals surface area contributed by atoms with Crippen LogP contribution in [0.2, 0.25) is 0 Å². The van der Waals surface area contributed by atoms with Gasteiger partial charge in [0.25, 0.3) is 0 Å². The number of aliphatic hydroxyl groups is 4. The second-order valence-electron chi connectivity index (χ2n) is 15.0. The van der Waals surface area contributed by atoms with Crippen LogP contribution in [0, 0.1) is 5.41 Å². The third kappa shape index (κ3) is 17.3. The van der Waals surface area contributed by atoms with Crippen LogP contribution in [0.15, 0.2) is 36.5 Å². The van der Waals surface area contributed by atoms with Crippen molar-refractivity contribution in [3.05, 3.63) is 36.5 Å². The van der Waals surface area contributed by atoms with Gasteiger partial charge in [0.15, 0.2) is 12.4 Å². The van der Waals surface area contributed by atoms with E-state index in [1.54, 1.807) is 33.1 Å². The van der Waals surface area contributed by atoms with Crippen LogP contribution in [0.25, 0.3) is 0 Å². The molecule has 0 aliphatic carbocycles. The molecule has 8 atom stereocenters. The molecule has 2 aliphatic heterocycles. The fourth-order valence-electron chi connectivity index (χ4n) is 6.60. The summed E-state index contributed by atoms with van der Waals surface area (Å²) < 4.78 is 45.4. The van der Waals surface area contributed by atoms with Crippen LogP contribution >= 0.6 is 0 Å². The van der Waals surface area contributed by atoms with E-state index in [0.717, 1.165) is 31.8 Å². The lowest BCUT2D eigenvalue weighted by atomic mass is 9.74. The average Bonchev–Trinajstić information content (AvgIpc) is 3.16. The summed E-state index contributed by atoms with van der Waals surface area (Å²) in [5.41, 5.74) is -1.29. The number of aliphatic hydroxyl groups excluding tert-OH is 3. The van der Waals surface area contributed by atoms with E-state index in [-0.39, 0.29) is 57.0 Å². The highest BCUT2D eigenvalue weighted by molar-refractivity contribution is 5.83. The van der Waals surface area contributed by atoms with Crippen molar-refractivity contribution in [3.63, 3.8) is 0 Å². The van der Waals surface area contributed by atoms with Gasteiger partial charge in [-0.3, -0.25) is 14.4 Å². The lowest BCUT2D eigenvalue weighted by Crippen LogP contribution is -2.62. The van der Waals surface area contributed by atoms with Gasteiger partial charge in [-0.05, 0) is 37.3 Å². The van der Waals surface area contributed by atoms with Gasteiger partial charge in [-0.1, -0.05) is 65.2 Å². The van der Waals surface area contributed by atoms with E-state index < -0.39 is 84.9 Å². The van der Waals surface area contributed by atoms with Crippen molar-refractivity contribution < 1.29 is 77.5 Å². The second-order valence-corrected chi connectivity index (χ2v) is 15.0. The first-order chi connectivity index (χ1) is 27.1. The highest BCUT2D eigenvalue weighted by Gasteiger charge is 2.57. The first-order valence-corrected chi connectivity index (χ1v) is 19.9. The summed E-state index contributed by atoms with van der Waals surface area (Å²) >= 11 is 0. The summed E-state index contributed by atoms with van der Waals surface area (Å²) in [6.45, 7) is 8.35. The zero-order valence-corrected chi connectivity index (χ0v) is 34.3. The minimum absolute atomic E-state index is 0.0434. The predicted molar refractivity (Wildman–Crippen MR) is 205 cm³/mol. The van der Waals surface area contributed by atoms with E-state index in [0.29, 0.717) is 25.9 Å². The summed E-state index contributed by atoms with van der Waals surface area (Å²) in [5, 5.41) is 42.0. The smallest absolute Gasteiger partial charge is 0.330 e. The van der Waals surface area contributed by atoms with E-state index in [1.807, 2.05) is 0 Å². The zero-order chi connectivity index (χ0) is 42.4. The van der Waals surface area contributed by atoms with Crippen molar-refractivity contribution in [3.8, 4) is 0 Å². The van der Waals surface area contributed by atoms with Crippen LogP contribution in [0.4, 0.5) is 0 Å². The molecular formula is C41H66O16. The number of hydrogen-bond acceptors (Lipinski definition) is 16. The molecule has 2 heterocycles. The fraction of sp³-hybridized carbons (Fsp3) is 0.756. The third-order valence-electron chi connectivity index (χ3n) is 9.80. The quantitative estimate of drug-likeness (QED) is 0.0323. The molecule has 16 heteroatoms. The molecule has 2 saturated heterocycles. The first kappa shape index (κ1) is 49.9. The Labute approximate surface area is 336 Å². The van der Waals surface area contributed by atoms with Gasteiger partial charge in [0, 0.05) is 51.1 Å². The minimum Gasteiger partial charge on any atom is -0.466 e. The van der Waals surface area contributed by atoms with Gasteiger partial charge >= 0.3 is 23.9 Å². The monoisotopic (exact) mass is 814 g/mol. The number of hydrogen-bond donors (Lipinski definition) is 4. The highest BCUT2D eigenvalue weighted by atomic mass is 16.7. The standard InChI is InChI=1S/C41H66O16/c1-7-9-10-11-12-13-34(45)56-39-28(22-35(46)51-6)21-32(25-33(27-43)53-37(48)23-29(44)15-18-42)57-41(39,49)40(3,4)17-14-38-54-30(16-20-50-5)24-31(55-38)26-36(47)52-19-8-2/h8,14,17,22,29-33,38-39,42-44,49H,2,7,9-13,15-16,18-21,23-27H2,1,3-6H3/b17-14+,28-22+/t29-,30?,31-,32+,33-,38-,39+,41-/m1/s1. The summed E-state index contributed by atoms with van der Waals surface area (Å²) in [6, 6.07) is 0. The maximum Gasteiger partial charge on any atom is 0.330 e. The van der Waals surface area contributed by atoms with Crippen molar-refractivity contribution in [1.82, 2.24) is 0 Å². The Morgan fingerprint density at radius 1 is 1.02 bits per heavy atom. The maximum absolute atomic E-state index is 13.4. The minimum atomic E-state index is -2.39. The molecule has 2 rings (SSSR count). The van der Waals surface area contributed by atoms with Crippen LogP contribution in [0.5, 0.6) is 0 Å². The zero-order valence-electron chi connectivity index (χ0n) is 34.3. The lowest BCUT2D eigenvalue weighted by molar-refractivity contribution is -0.327. The van der Waals surface area contributed by atoms with Gasteiger partial charge in [-0.2, -0.15) is 0 Å². The molecular weight excluding hydrogens is 748 g/mol. The van der Waals surface area contributed by atoms with Gasteiger partial charge in [-0.25, -0.2) is 4.79 Å². The van der Waals surface area contributed by atoms with E-state index in [1.165, 1.54) is 13.2 Å². The average molecular weight is 815 g/mol. The van der Waals surface area contributed by atoms with Crippen molar-refractivity contribution in [2.75, 3.05) is 40.6 Å². The fourth-order valence-corrected chi connectivity index (χ4v) is 6.60. The Kier molecular flexibility index (Phi) is 22.8. The number of ether oxygens (including phenoxy) is 8. The van der Waals surface area contributed by atoms with Crippen LogP contribution in [0.1, 0.15) is 104 Å². The molecule has 2 aliphatic rings. The Balaban J connectivity index is 2.52. The number of unbranched alkanes of at least 4 members (excludes halogenated alkanes) is 4. The van der Waals surface area contributed by atoms with Crippen molar-refractivity contribution in [1.29, 1.82) is 0 Å². The largest absolute Gasteiger partial charge is 0.466 e. The van der Waals surface area contributed by atoms with Crippen LogP contribution in [-0.4, -0.2) is 134 Å². The SMILES string of the molecule is C=CCOC(=O)C[C@H]1CC(CCOC)O[C@@H](/C=C/C(C)(C)[C@]2(O)O[C@H](C[C@H](CO)OC(=O)C[C@H](O)CCO)C/C(=C\C(=O)OC)[C@@H]2OC(=O)CCCCCCC)O1. The van der Waals surface area contributed by atoms with Crippen LogP contribution in [0.3, 0.4) is 0 Å². The summed E-state index contributed by atoms with van der Waals surface area (Å²) in [5.74, 6) is -5.09. The maximum atomic E-state index is 13.4. The molecule has 4 N–H and O–H groups in total. The lowest BCUT2D eigenvalue weighted by Gasteiger charge is -2.51. The summed E-state index contributed by atoms with van der Waals surface area (Å²) in [6.07, 6.45) is 3.46. The number of carbonyl (C=O) groups is 4. The van der Waals surface area contributed by atoms with E-state index in [4.69, 9.17) is 43.0 Å². The van der Waals surface area contributed by atoms with Gasteiger partial charge < -0.3 is 58.3 Å². The molecule has 1 unspecified atom stereocenters. The van der Waals surface area contributed by atoms with Gasteiger partial charge in [0.1, 0.15) is 12.7 Å². The van der Waals surface area contributed by atoms with Gasteiger partial charge in [-0.15, -0.1) is 0 Å². The molecule has 0 saturated carbocycles. The topological polar surface area (TPSA) is 223 Å². The molecule has 57 heavy (non-hydrogen) atoms. The molecule has 16 nitrogen and oxygen atoms in total. The normalized spacial score (nSPS) is 25.8. The van der Waals surface area contributed by atoms with E-state index >= 15 is 0 Å². The summed E-state index contributed by atoms with van der Waals surface area (Å²) in [7, 11) is 2.74. The summed E-state index contributed by atoms with van der Waals surface area (Å²) in [4.78, 5) is 51.1. The molecule has 326 valence electrons. The van der Waals surface area contributed by atoms with E-state index in [2.05, 4.69) is 13.5 Å². The van der Waals surface area contributed by atoms with Crippen molar-refractivity contribution in [2.24, 2.45) is 5.41 Å².